The van der Waals surface area contributed by atoms with E-state index in [2.05, 4.69) is 21.7 Å². The third-order valence-electron chi connectivity index (χ3n) is 2.88. The minimum absolute atomic E-state index is 0.622. The van der Waals surface area contributed by atoms with Crippen molar-refractivity contribution in [2.24, 2.45) is 5.92 Å². The molecule has 4 nitrogen and oxygen atoms in total. The maximum absolute atomic E-state index is 8.96. The van der Waals surface area contributed by atoms with Gasteiger partial charge in [0.1, 0.15) is 11.9 Å². The number of rotatable bonds is 3. The molecule has 1 aliphatic heterocycles. The Kier molecular flexibility index (Phi) is 3.37. The van der Waals surface area contributed by atoms with Crippen molar-refractivity contribution in [3.8, 4) is 6.07 Å². The zero-order chi connectivity index (χ0) is 11.4. The van der Waals surface area contributed by atoms with Crippen LogP contribution in [-0.2, 0) is 0 Å². The Morgan fingerprint density at radius 3 is 3.19 bits per heavy atom. The van der Waals surface area contributed by atoms with Crippen LogP contribution in [0.4, 0.5) is 5.82 Å². The third-order valence-corrected chi connectivity index (χ3v) is 2.88. The van der Waals surface area contributed by atoms with E-state index in [0.29, 0.717) is 11.5 Å². The minimum atomic E-state index is 0.622. The van der Waals surface area contributed by atoms with E-state index in [1.807, 2.05) is 19.1 Å². The summed E-state index contributed by atoms with van der Waals surface area (Å²) in [5.41, 5.74) is 1.56. The minimum Gasteiger partial charge on any atom is -0.369 e. The molecule has 4 heteroatoms. The van der Waals surface area contributed by atoms with Crippen molar-refractivity contribution in [2.75, 3.05) is 25.0 Å². The lowest BCUT2D eigenvalue weighted by Crippen LogP contribution is -2.18. The average Bonchev–Trinajstić information content (AvgIpc) is 2.79. The van der Waals surface area contributed by atoms with Gasteiger partial charge in [0.25, 0.3) is 0 Å². The Morgan fingerprint density at radius 2 is 2.50 bits per heavy atom. The number of nitrogens with zero attached hydrogens (tertiary/aromatic N) is 2. The van der Waals surface area contributed by atoms with E-state index >= 15 is 0 Å². The fourth-order valence-corrected chi connectivity index (χ4v) is 1.91. The summed E-state index contributed by atoms with van der Waals surface area (Å²) in [6.45, 7) is 4.97. The Morgan fingerprint density at radius 1 is 1.62 bits per heavy atom. The molecule has 2 heterocycles. The molecule has 0 aliphatic carbocycles. The topological polar surface area (TPSA) is 60.7 Å². The van der Waals surface area contributed by atoms with E-state index in [9.17, 15) is 0 Å². The van der Waals surface area contributed by atoms with E-state index in [-0.39, 0.29) is 0 Å². The second kappa shape index (κ2) is 4.95. The molecule has 1 unspecified atom stereocenters. The zero-order valence-electron chi connectivity index (χ0n) is 9.45. The zero-order valence-corrected chi connectivity index (χ0v) is 9.45. The largest absolute Gasteiger partial charge is 0.369 e. The van der Waals surface area contributed by atoms with Crippen molar-refractivity contribution in [1.29, 1.82) is 5.26 Å². The van der Waals surface area contributed by atoms with Crippen LogP contribution in [0.25, 0.3) is 0 Å². The molecule has 84 valence electrons. The summed E-state index contributed by atoms with van der Waals surface area (Å²) >= 11 is 0. The molecular weight excluding hydrogens is 200 g/mol. The monoisotopic (exact) mass is 216 g/mol. The number of hydrogen-bond acceptors (Lipinski definition) is 4. The molecule has 0 amide bonds. The lowest BCUT2D eigenvalue weighted by molar-refractivity contribution is 0.614. The molecule has 0 bridgehead atoms. The number of pyridine rings is 1. The maximum atomic E-state index is 8.96. The number of aryl methyl sites for hydroxylation is 1. The average molecular weight is 216 g/mol. The lowest BCUT2D eigenvalue weighted by Gasteiger charge is -2.11. The molecule has 2 N–H and O–H groups in total. The highest BCUT2D eigenvalue weighted by molar-refractivity contribution is 5.52. The highest BCUT2D eigenvalue weighted by Gasteiger charge is 2.14. The molecule has 0 saturated carbocycles. The van der Waals surface area contributed by atoms with Gasteiger partial charge in [-0.25, -0.2) is 4.98 Å². The second-order valence-electron chi connectivity index (χ2n) is 4.20. The molecule has 2 rings (SSSR count). The fraction of sp³-hybridized carbons (Fsp3) is 0.500. The summed E-state index contributed by atoms with van der Waals surface area (Å²) in [5.74, 6) is 1.36. The Balaban J connectivity index is 2.02. The molecular formula is C12H16N4. The van der Waals surface area contributed by atoms with Gasteiger partial charge < -0.3 is 10.6 Å². The molecule has 1 aromatic heterocycles. The van der Waals surface area contributed by atoms with Gasteiger partial charge in [-0.15, -0.1) is 0 Å². The molecule has 1 aliphatic rings. The molecule has 1 aromatic rings. The van der Waals surface area contributed by atoms with Crippen molar-refractivity contribution in [3.05, 3.63) is 23.4 Å². The maximum Gasteiger partial charge on any atom is 0.144 e. The van der Waals surface area contributed by atoms with Crippen molar-refractivity contribution in [3.63, 3.8) is 0 Å². The number of nitriles is 1. The van der Waals surface area contributed by atoms with E-state index in [0.717, 1.165) is 31.1 Å². The SMILES string of the molecule is Cc1ccc(C#N)c(NCC2CCNC2)n1. The van der Waals surface area contributed by atoms with Crippen LogP contribution in [0, 0.1) is 24.2 Å². The van der Waals surface area contributed by atoms with Crippen LogP contribution in [0.15, 0.2) is 12.1 Å². The van der Waals surface area contributed by atoms with Crippen molar-refractivity contribution < 1.29 is 0 Å². The van der Waals surface area contributed by atoms with Crippen LogP contribution in [0.5, 0.6) is 0 Å². The van der Waals surface area contributed by atoms with Gasteiger partial charge in [0, 0.05) is 12.2 Å². The predicted molar refractivity (Wildman–Crippen MR) is 63.2 cm³/mol. The molecule has 0 radical (unpaired) electrons. The second-order valence-corrected chi connectivity index (χ2v) is 4.20. The molecule has 1 atom stereocenters. The molecule has 16 heavy (non-hydrogen) atoms. The number of hydrogen-bond donors (Lipinski definition) is 2. The van der Waals surface area contributed by atoms with Crippen LogP contribution >= 0.6 is 0 Å². The number of aromatic nitrogens is 1. The van der Waals surface area contributed by atoms with E-state index in [4.69, 9.17) is 5.26 Å². The summed E-state index contributed by atoms with van der Waals surface area (Å²) in [4.78, 5) is 4.35. The van der Waals surface area contributed by atoms with Gasteiger partial charge in [0.15, 0.2) is 0 Å². The quantitative estimate of drug-likeness (QED) is 0.799. The molecule has 1 fully saturated rings. The molecule has 0 aromatic carbocycles. The first-order chi connectivity index (χ1) is 7.79. The van der Waals surface area contributed by atoms with Crippen molar-refractivity contribution >= 4 is 5.82 Å². The van der Waals surface area contributed by atoms with E-state index in [1.165, 1.54) is 6.42 Å². The van der Waals surface area contributed by atoms with Crippen molar-refractivity contribution in [1.82, 2.24) is 10.3 Å². The van der Waals surface area contributed by atoms with Crippen LogP contribution in [0.2, 0.25) is 0 Å². The first kappa shape index (κ1) is 10.9. The Bertz CT molecular complexity index is 402. The molecule has 0 spiro atoms. The summed E-state index contributed by atoms with van der Waals surface area (Å²) in [6.07, 6.45) is 1.20. The highest BCUT2D eigenvalue weighted by atomic mass is 15.0. The smallest absolute Gasteiger partial charge is 0.144 e. The summed E-state index contributed by atoms with van der Waals surface area (Å²) in [7, 11) is 0. The predicted octanol–water partition coefficient (Wildman–Crippen LogP) is 1.28. The Labute approximate surface area is 95.7 Å². The lowest BCUT2D eigenvalue weighted by atomic mass is 10.1. The van der Waals surface area contributed by atoms with Gasteiger partial charge in [-0.3, -0.25) is 0 Å². The van der Waals surface area contributed by atoms with Gasteiger partial charge in [-0.2, -0.15) is 5.26 Å². The van der Waals surface area contributed by atoms with Gasteiger partial charge in [0.2, 0.25) is 0 Å². The van der Waals surface area contributed by atoms with Gasteiger partial charge in [0.05, 0.1) is 5.56 Å². The molecule has 1 saturated heterocycles. The number of nitrogens with one attached hydrogen (secondary N) is 2. The first-order valence-electron chi connectivity index (χ1n) is 5.62. The standard InChI is InChI=1S/C12H16N4/c1-9-2-3-11(6-13)12(16-9)15-8-10-4-5-14-7-10/h2-3,10,14H,4-5,7-8H2,1H3,(H,15,16). The fourth-order valence-electron chi connectivity index (χ4n) is 1.91. The Hall–Kier alpha value is -1.60. The van der Waals surface area contributed by atoms with E-state index in [1.54, 1.807) is 0 Å². The van der Waals surface area contributed by atoms with Gasteiger partial charge >= 0.3 is 0 Å². The van der Waals surface area contributed by atoms with Gasteiger partial charge in [-0.1, -0.05) is 0 Å². The first-order valence-corrected chi connectivity index (χ1v) is 5.62. The highest BCUT2D eigenvalue weighted by Crippen LogP contribution is 2.14. The van der Waals surface area contributed by atoms with Crippen molar-refractivity contribution in [2.45, 2.75) is 13.3 Å². The summed E-state index contributed by atoms with van der Waals surface area (Å²) in [5, 5.41) is 15.6. The summed E-state index contributed by atoms with van der Waals surface area (Å²) in [6, 6.07) is 5.84. The van der Waals surface area contributed by atoms with Gasteiger partial charge in [-0.05, 0) is 44.5 Å². The normalized spacial score (nSPS) is 19.4. The third kappa shape index (κ3) is 2.50. The van der Waals surface area contributed by atoms with Crippen LogP contribution in [-0.4, -0.2) is 24.6 Å². The van der Waals surface area contributed by atoms with Crippen LogP contribution in [0.3, 0.4) is 0 Å². The van der Waals surface area contributed by atoms with Crippen LogP contribution < -0.4 is 10.6 Å². The summed E-state index contributed by atoms with van der Waals surface area (Å²) < 4.78 is 0. The van der Waals surface area contributed by atoms with E-state index < -0.39 is 0 Å². The van der Waals surface area contributed by atoms with Crippen LogP contribution in [0.1, 0.15) is 17.7 Å². The number of anilines is 1.